The lowest BCUT2D eigenvalue weighted by atomic mass is 9.81. The fourth-order valence-corrected chi connectivity index (χ4v) is 5.17. The van der Waals surface area contributed by atoms with E-state index in [9.17, 15) is 31.5 Å². The van der Waals surface area contributed by atoms with Gasteiger partial charge in [-0.15, -0.1) is 0 Å². The molecule has 1 aliphatic rings. The number of piperidine rings is 1. The number of aliphatic hydroxyl groups is 1. The summed E-state index contributed by atoms with van der Waals surface area (Å²) in [6.45, 7) is 4.78. The maximum Gasteiger partial charge on any atom is 0.416 e. The van der Waals surface area contributed by atoms with Crippen molar-refractivity contribution in [3.63, 3.8) is 0 Å². The molecule has 0 spiro atoms. The topological polar surface area (TPSA) is 98.7 Å². The SMILES string of the molecule is CCC(CC)CC1(O)CCN(C(=O)Nc2cc(Nc3ccc(S(C)(=O)=O)cc3)cc(C(F)(F)F)c2)CC1. The zero-order valence-corrected chi connectivity index (χ0v) is 22.0. The zero-order chi connectivity index (χ0) is 27.4. The fraction of sp³-hybridized carbons (Fsp3) is 0.500. The predicted octanol–water partition coefficient (Wildman–Crippen LogP) is 6.04. The van der Waals surface area contributed by atoms with Crippen LogP contribution in [0.3, 0.4) is 0 Å². The summed E-state index contributed by atoms with van der Waals surface area (Å²) in [5.74, 6) is 0.406. The lowest BCUT2D eigenvalue weighted by Gasteiger charge is -2.39. The molecule has 2 amide bonds. The summed E-state index contributed by atoms with van der Waals surface area (Å²) in [5.41, 5.74) is -1.35. The van der Waals surface area contributed by atoms with Crippen LogP contribution in [0.4, 0.5) is 35.0 Å². The molecule has 0 atom stereocenters. The molecule has 37 heavy (non-hydrogen) atoms. The molecule has 1 aliphatic heterocycles. The van der Waals surface area contributed by atoms with Gasteiger partial charge in [0.15, 0.2) is 9.84 Å². The van der Waals surface area contributed by atoms with Crippen molar-refractivity contribution < 1.29 is 31.5 Å². The smallest absolute Gasteiger partial charge is 0.390 e. The van der Waals surface area contributed by atoms with Gasteiger partial charge in [-0.05, 0) is 67.6 Å². The van der Waals surface area contributed by atoms with E-state index in [2.05, 4.69) is 24.5 Å². The Hall–Kier alpha value is -2.79. The van der Waals surface area contributed by atoms with Gasteiger partial charge >= 0.3 is 12.2 Å². The number of benzene rings is 2. The number of amides is 2. The third-order valence-corrected chi connectivity index (χ3v) is 8.02. The van der Waals surface area contributed by atoms with Crippen molar-refractivity contribution in [2.75, 3.05) is 30.0 Å². The van der Waals surface area contributed by atoms with Crippen molar-refractivity contribution in [3.8, 4) is 0 Å². The molecule has 2 aromatic carbocycles. The Labute approximate surface area is 216 Å². The highest BCUT2D eigenvalue weighted by Crippen LogP contribution is 2.35. The third kappa shape index (κ3) is 7.85. The lowest BCUT2D eigenvalue weighted by molar-refractivity contribution is -0.137. The molecule has 3 rings (SSSR count). The van der Waals surface area contributed by atoms with Crippen LogP contribution in [0.2, 0.25) is 0 Å². The minimum absolute atomic E-state index is 0.0343. The zero-order valence-electron chi connectivity index (χ0n) is 21.2. The molecule has 0 saturated carbocycles. The Balaban J connectivity index is 1.73. The summed E-state index contributed by atoms with van der Waals surface area (Å²) in [6, 6.07) is 8.24. The molecule has 2 aromatic rings. The fourth-order valence-electron chi connectivity index (χ4n) is 4.54. The molecule has 1 heterocycles. The standard InChI is InChI=1S/C26H34F3N3O4S/c1-4-18(5-2)17-25(34)10-12-32(13-11-25)24(33)31-22-15-19(26(27,28)29)14-21(16-22)30-20-6-8-23(9-7-20)37(3,35)36/h6-9,14-16,18,30,34H,4-5,10-13,17H2,1-3H3,(H,31,33). The van der Waals surface area contributed by atoms with E-state index in [1.807, 2.05) is 0 Å². The monoisotopic (exact) mass is 541 g/mol. The second kappa shape index (κ2) is 11.3. The number of carbonyl (C=O) groups is 1. The second-order valence-corrected chi connectivity index (χ2v) is 11.8. The van der Waals surface area contributed by atoms with Crippen LogP contribution in [0.25, 0.3) is 0 Å². The van der Waals surface area contributed by atoms with Gasteiger partial charge < -0.3 is 20.6 Å². The van der Waals surface area contributed by atoms with Crippen LogP contribution in [0.5, 0.6) is 0 Å². The molecule has 0 radical (unpaired) electrons. The molecule has 0 unspecified atom stereocenters. The van der Waals surface area contributed by atoms with Crippen molar-refractivity contribution in [2.24, 2.45) is 5.92 Å². The van der Waals surface area contributed by atoms with Gasteiger partial charge in [0.1, 0.15) is 0 Å². The van der Waals surface area contributed by atoms with Crippen molar-refractivity contribution in [2.45, 2.75) is 62.6 Å². The van der Waals surface area contributed by atoms with E-state index in [4.69, 9.17) is 0 Å². The van der Waals surface area contributed by atoms with Gasteiger partial charge in [-0.2, -0.15) is 13.2 Å². The van der Waals surface area contributed by atoms with E-state index >= 15 is 0 Å². The van der Waals surface area contributed by atoms with Gasteiger partial charge in [0, 0.05) is 36.4 Å². The van der Waals surface area contributed by atoms with Gasteiger partial charge in [0.05, 0.1) is 16.1 Å². The minimum Gasteiger partial charge on any atom is -0.390 e. The number of carbonyl (C=O) groups excluding carboxylic acids is 1. The average molecular weight is 542 g/mol. The van der Waals surface area contributed by atoms with E-state index in [0.717, 1.165) is 31.2 Å². The number of nitrogens with one attached hydrogen (secondary N) is 2. The number of halogens is 3. The molecule has 0 aromatic heterocycles. The quantitative estimate of drug-likeness (QED) is 0.379. The Morgan fingerprint density at radius 1 is 1.03 bits per heavy atom. The summed E-state index contributed by atoms with van der Waals surface area (Å²) in [4.78, 5) is 14.4. The molecule has 1 saturated heterocycles. The Morgan fingerprint density at radius 2 is 1.59 bits per heavy atom. The third-order valence-electron chi connectivity index (χ3n) is 6.89. The Bertz CT molecular complexity index is 1190. The van der Waals surface area contributed by atoms with Crippen LogP contribution in [0.1, 0.15) is 51.5 Å². The number of rotatable bonds is 8. The summed E-state index contributed by atoms with van der Waals surface area (Å²) >= 11 is 0. The number of nitrogens with zero attached hydrogens (tertiary/aromatic N) is 1. The maximum absolute atomic E-state index is 13.6. The molecule has 1 fully saturated rings. The van der Waals surface area contributed by atoms with E-state index in [0.29, 0.717) is 44.0 Å². The molecular weight excluding hydrogens is 507 g/mol. The van der Waals surface area contributed by atoms with Crippen molar-refractivity contribution in [1.82, 2.24) is 4.90 Å². The van der Waals surface area contributed by atoms with Crippen LogP contribution < -0.4 is 10.6 Å². The van der Waals surface area contributed by atoms with Crippen LogP contribution >= 0.6 is 0 Å². The van der Waals surface area contributed by atoms with Crippen molar-refractivity contribution in [3.05, 3.63) is 48.0 Å². The molecule has 3 N–H and O–H groups in total. The number of alkyl halides is 3. The number of urea groups is 1. The number of sulfone groups is 1. The van der Waals surface area contributed by atoms with Crippen LogP contribution in [0, 0.1) is 5.92 Å². The van der Waals surface area contributed by atoms with Gasteiger partial charge in [0.2, 0.25) is 0 Å². The van der Waals surface area contributed by atoms with E-state index in [-0.39, 0.29) is 16.3 Å². The van der Waals surface area contributed by atoms with Crippen molar-refractivity contribution in [1.29, 1.82) is 0 Å². The summed E-state index contributed by atoms with van der Waals surface area (Å²) in [6.07, 6.45) is -0.149. The molecule has 0 bridgehead atoms. The summed E-state index contributed by atoms with van der Waals surface area (Å²) < 4.78 is 64.0. The maximum atomic E-state index is 13.6. The molecule has 0 aliphatic carbocycles. The summed E-state index contributed by atoms with van der Waals surface area (Å²) in [5, 5.41) is 16.3. The van der Waals surface area contributed by atoms with Gasteiger partial charge in [-0.25, -0.2) is 13.2 Å². The Kier molecular flexibility index (Phi) is 8.79. The number of likely N-dealkylation sites (tertiary alicyclic amines) is 1. The summed E-state index contributed by atoms with van der Waals surface area (Å²) in [7, 11) is -3.41. The van der Waals surface area contributed by atoms with Gasteiger partial charge in [-0.3, -0.25) is 0 Å². The van der Waals surface area contributed by atoms with Gasteiger partial charge in [0.25, 0.3) is 0 Å². The predicted molar refractivity (Wildman–Crippen MR) is 138 cm³/mol. The average Bonchev–Trinajstić information content (AvgIpc) is 2.82. The van der Waals surface area contributed by atoms with Gasteiger partial charge in [-0.1, -0.05) is 26.7 Å². The first-order valence-corrected chi connectivity index (χ1v) is 14.2. The molecule has 11 heteroatoms. The van der Waals surface area contributed by atoms with Crippen molar-refractivity contribution >= 4 is 32.9 Å². The first-order valence-electron chi connectivity index (χ1n) is 12.3. The Morgan fingerprint density at radius 3 is 2.11 bits per heavy atom. The molecule has 204 valence electrons. The lowest BCUT2D eigenvalue weighted by Crippen LogP contribution is -2.48. The normalized spacial score (nSPS) is 16.1. The second-order valence-electron chi connectivity index (χ2n) is 9.75. The highest BCUT2D eigenvalue weighted by Gasteiger charge is 2.36. The number of anilines is 3. The first-order chi connectivity index (χ1) is 17.2. The van der Waals surface area contributed by atoms with E-state index < -0.39 is 33.2 Å². The first kappa shape index (κ1) is 28.8. The molecule has 7 nitrogen and oxygen atoms in total. The number of hydrogen-bond donors (Lipinski definition) is 3. The van der Waals surface area contributed by atoms with Crippen LogP contribution in [-0.2, 0) is 16.0 Å². The minimum atomic E-state index is -4.64. The highest BCUT2D eigenvalue weighted by molar-refractivity contribution is 7.90. The van der Waals surface area contributed by atoms with E-state index in [1.165, 1.54) is 35.2 Å². The molecular formula is C26H34F3N3O4S. The largest absolute Gasteiger partial charge is 0.416 e. The van der Waals surface area contributed by atoms with Crippen LogP contribution in [-0.4, -0.2) is 49.4 Å². The number of hydrogen-bond acceptors (Lipinski definition) is 5. The van der Waals surface area contributed by atoms with Crippen LogP contribution in [0.15, 0.2) is 47.4 Å². The highest BCUT2D eigenvalue weighted by atomic mass is 32.2. The van der Waals surface area contributed by atoms with E-state index in [1.54, 1.807) is 0 Å².